The van der Waals surface area contributed by atoms with Crippen molar-refractivity contribution in [2.24, 2.45) is 5.92 Å². The highest BCUT2D eigenvalue weighted by molar-refractivity contribution is 5.65. The van der Waals surface area contributed by atoms with Gasteiger partial charge in [0, 0.05) is 50.7 Å². The van der Waals surface area contributed by atoms with Crippen molar-refractivity contribution < 1.29 is 9.47 Å². The van der Waals surface area contributed by atoms with Gasteiger partial charge in [-0.1, -0.05) is 37.3 Å². The predicted octanol–water partition coefficient (Wildman–Crippen LogP) is 3.72. The SMILES string of the molecule is CC1CCCN(c2nc(-c3ccccc3)cc(N3CCC4(CC3)OCCO4)n2)C1. The molecule has 3 fully saturated rings. The molecule has 6 heteroatoms. The van der Waals surface area contributed by atoms with Crippen LogP contribution < -0.4 is 9.80 Å². The maximum Gasteiger partial charge on any atom is 0.227 e. The van der Waals surface area contributed by atoms with Gasteiger partial charge >= 0.3 is 0 Å². The predicted molar refractivity (Wildman–Crippen MR) is 114 cm³/mol. The van der Waals surface area contributed by atoms with E-state index >= 15 is 0 Å². The van der Waals surface area contributed by atoms with Crippen LogP contribution in [0.4, 0.5) is 11.8 Å². The second kappa shape index (κ2) is 7.92. The number of piperidine rings is 2. The van der Waals surface area contributed by atoms with Gasteiger partial charge in [0.2, 0.25) is 5.95 Å². The van der Waals surface area contributed by atoms with E-state index in [4.69, 9.17) is 19.4 Å². The summed E-state index contributed by atoms with van der Waals surface area (Å²) in [7, 11) is 0. The van der Waals surface area contributed by atoms with Crippen LogP contribution in [0.5, 0.6) is 0 Å². The maximum atomic E-state index is 5.90. The zero-order valence-electron chi connectivity index (χ0n) is 17.2. The maximum absolute atomic E-state index is 5.90. The molecule has 1 aromatic carbocycles. The molecule has 4 heterocycles. The van der Waals surface area contributed by atoms with E-state index in [0.29, 0.717) is 19.1 Å². The van der Waals surface area contributed by atoms with E-state index in [0.717, 1.165) is 62.0 Å². The molecule has 0 bridgehead atoms. The molecule has 1 aromatic heterocycles. The molecule has 0 aliphatic carbocycles. The molecule has 2 aromatic rings. The van der Waals surface area contributed by atoms with Crippen molar-refractivity contribution in [3.05, 3.63) is 36.4 Å². The van der Waals surface area contributed by atoms with E-state index < -0.39 is 0 Å². The van der Waals surface area contributed by atoms with Gasteiger partial charge in [-0.25, -0.2) is 4.98 Å². The molecule has 1 spiro atoms. The Hall–Kier alpha value is -2.18. The summed E-state index contributed by atoms with van der Waals surface area (Å²) in [5.74, 6) is 2.20. The van der Waals surface area contributed by atoms with Crippen LogP contribution in [0.2, 0.25) is 0 Å². The van der Waals surface area contributed by atoms with Crippen LogP contribution in [0.1, 0.15) is 32.6 Å². The first kappa shape index (κ1) is 18.8. The lowest BCUT2D eigenvalue weighted by molar-refractivity contribution is -0.169. The Bertz CT molecular complexity index is 828. The van der Waals surface area contributed by atoms with E-state index in [2.05, 4.69) is 47.1 Å². The molecule has 0 amide bonds. The van der Waals surface area contributed by atoms with Crippen molar-refractivity contribution in [2.75, 3.05) is 49.2 Å². The van der Waals surface area contributed by atoms with Gasteiger partial charge in [-0.15, -0.1) is 0 Å². The lowest BCUT2D eigenvalue weighted by Gasteiger charge is -2.38. The summed E-state index contributed by atoms with van der Waals surface area (Å²) in [6, 6.07) is 12.6. The van der Waals surface area contributed by atoms with Gasteiger partial charge in [-0.3, -0.25) is 0 Å². The Kier molecular flexibility index (Phi) is 5.14. The summed E-state index contributed by atoms with van der Waals surface area (Å²) < 4.78 is 11.8. The molecule has 0 radical (unpaired) electrons. The number of benzene rings is 1. The summed E-state index contributed by atoms with van der Waals surface area (Å²) in [5.41, 5.74) is 2.14. The van der Waals surface area contributed by atoms with Crippen molar-refractivity contribution in [3.8, 4) is 11.3 Å². The van der Waals surface area contributed by atoms with E-state index in [1.165, 1.54) is 12.8 Å². The number of aromatic nitrogens is 2. The smallest absolute Gasteiger partial charge is 0.227 e. The Morgan fingerprint density at radius 2 is 1.72 bits per heavy atom. The molecule has 3 aliphatic rings. The monoisotopic (exact) mass is 394 g/mol. The zero-order valence-corrected chi connectivity index (χ0v) is 17.2. The number of hydrogen-bond acceptors (Lipinski definition) is 6. The molecule has 0 saturated carbocycles. The van der Waals surface area contributed by atoms with Crippen LogP contribution in [-0.4, -0.2) is 55.1 Å². The molecule has 29 heavy (non-hydrogen) atoms. The van der Waals surface area contributed by atoms with E-state index in [1.807, 2.05) is 6.07 Å². The van der Waals surface area contributed by atoms with Crippen LogP contribution in [0, 0.1) is 5.92 Å². The molecule has 5 rings (SSSR count). The normalized spacial score (nSPS) is 24.2. The zero-order chi connectivity index (χ0) is 19.7. The van der Waals surface area contributed by atoms with Crippen molar-refractivity contribution in [1.29, 1.82) is 0 Å². The lowest BCUT2D eigenvalue weighted by Crippen LogP contribution is -2.45. The number of rotatable bonds is 3. The van der Waals surface area contributed by atoms with Crippen LogP contribution in [0.25, 0.3) is 11.3 Å². The molecular formula is C23H30N4O2. The number of anilines is 2. The fourth-order valence-corrected chi connectivity index (χ4v) is 4.72. The van der Waals surface area contributed by atoms with Crippen molar-refractivity contribution in [3.63, 3.8) is 0 Å². The second-order valence-corrected chi connectivity index (χ2v) is 8.57. The first-order valence-corrected chi connectivity index (χ1v) is 10.9. The van der Waals surface area contributed by atoms with Crippen LogP contribution in [0.3, 0.4) is 0 Å². The Morgan fingerprint density at radius 1 is 0.966 bits per heavy atom. The second-order valence-electron chi connectivity index (χ2n) is 8.57. The van der Waals surface area contributed by atoms with Crippen molar-refractivity contribution in [1.82, 2.24) is 9.97 Å². The lowest BCUT2D eigenvalue weighted by atomic mass is 10.0. The standard InChI is InChI=1S/C23H30N4O2/c1-18-6-5-11-27(17-18)22-24-20(19-7-3-2-4-8-19)16-21(25-22)26-12-9-23(10-13-26)28-14-15-29-23/h2-4,7-8,16,18H,5-6,9-15,17H2,1H3. The van der Waals surface area contributed by atoms with E-state index in [-0.39, 0.29) is 5.79 Å². The third-order valence-electron chi connectivity index (χ3n) is 6.37. The highest BCUT2D eigenvalue weighted by Crippen LogP contribution is 2.34. The van der Waals surface area contributed by atoms with Gasteiger partial charge in [-0.2, -0.15) is 4.98 Å². The number of ether oxygens (including phenoxy) is 2. The van der Waals surface area contributed by atoms with Gasteiger partial charge in [0.1, 0.15) is 5.82 Å². The van der Waals surface area contributed by atoms with E-state index in [1.54, 1.807) is 0 Å². The van der Waals surface area contributed by atoms with Gasteiger partial charge < -0.3 is 19.3 Å². The molecule has 3 saturated heterocycles. The van der Waals surface area contributed by atoms with Crippen LogP contribution in [0.15, 0.2) is 36.4 Å². The molecule has 0 N–H and O–H groups in total. The van der Waals surface area contributed by atoms with E-state index in [9.17, 15) is 0 Å². The minimum atomic E-state index is -0.364. The fraction of sp³-hybridized carbons (Fsp3) is 0.565. The quantitative estimate of drug-likeness (QED) is 0.791. The summed E-state index contributed by atoms with van der Waals surface area (Å²) in [4.78, 5) is 14.7. The summed E-state index contributed by atoms with van der Waals surface area (Å²) in [5, 5.41) is 0. The topological polar surface area (TPSA) is 50.7 Å². The Morgan fingerprint density at radius 3 is 2.45 bits per heavy atom. The van der Waals surface area contributed by atoms with Gasteiger partial charge in [0.05, 0.1) is 18.9 Å². The minimum absolute atomic E-state index is 0.364. The molecule has 6 nitrogen and oxygen atoms in total. The Labute approximate surface area is 172 Å². The summed E-state index contributed by atoms with van der Waals surface area (Å²) in [6.45, 7) is 7.59. The minimum Gasteiger partial charge on any atom is -0.356 e. The number of hydrogen-bond donors (Lipinski definition) is 0. The van der Waals surface area contributed by atoms with Crippen molar-refractivity contribution >= 4 is 11.8 Å². The van der Waals surface area contributed by atoms with Crippen LogP contribution >= 0.6 is 0 Å². The molecule has 154 valence electrons. The molecular weight excluding hydrogens is 364 g/mol. The molecule has 1 atom stereocenters. The van der Waals surface area contributed by atoms with Gasteiger partial charge in [-0.05, 0) is 18.8 Å². The first-order valence-electron chi connectivity index (χ1n) is 10.9. The summed E-state index contributed by atoms with van der Waals surface area (Å²) in [6.07, 6.45) is 4.26. The third kappa shape index (κ3) is 3.96. The van der Waals surface area contributed by atoms with Gasteiger partial charge in [0.15, 0.2) is 5.79 Å². The summed E-state index contributed by atoms with van der Waals surface area (Å²) >= 11 is 0. The highest BCUT2D eigenvalue weighted by atomic mass is 16.7. The molecule has 3 aliphatic heterocycles. The highest BCUT2D eigenvalue weighted by Gasteiger charge is 2.40. The first-order chi connectivity index (χ1) is 14.2. The fourth-order valence-electron chi connectivity index (χ4n) is 4.72. The van der Waals surface area contributed by atoms with Crippen LogP contribution in [-0.2, 0) is 9.47 Å². The average Bonchev–Trinajstić information content (AvgIpc) is 3.22. The Balaban J connectivity index is 1.45. The van der Waals surface area contributed by atoms with Gasteiger partial charge in [0.25, 0.3) is 0 Å². The number of nitrogens with zero attached hydrogens (tertiary/aromatic N) is 4. The largest absolute Gasteiger partial charge is 0.356 e. The van der Waals surface area contributed by atoms with Crippen molar-refractivity contribution in [2.45, 2.75) is 38.4 Å². The average molecular weight is 395 g/mol. The molecule has 1 unspecified atom stereocenters. The third-order valence-corrected chi connectivity index (χ3v) is 6.37.